The number of carbonyl (C=O) groups excluding carboxylic acids is 1. The number of nitrogens with one attached hydrogen (secondary N) is 1. The maximum atomic E-state index is 11.6. The van der Waals surface area contributed by atoms with Crippen molar-refractivity contribution in [1.29, 1.82) is 0 Å². The summed E-state index contributed by atoms with van der Waals surface area (Å²) < 4.78 is 7.13. The van der Waals surface area contributed by atoms with E-state index in [1.54, 1.807) is 6.20 Å². The first-order valence-electron chi connectivity index (χ1n) is 9.00. The molecule has 7 heteroatoms. The van der Waals surface area contributed by atoms with Gasteiger partial charge in [-0.05, 0) is 34.7 Å². The summed E-state index contributed by atoms with van der Waals surface area (Å²) in [7, 11) is 1.53. The maximum absolute atomic E-state index is 11.6. The van der Waals surface area contributed by atoms with Crippen LogP contribution >= 0.6 is 0 Å². The molecule has 0 unspecified atom stereocenters. The number of nitrogens with zero attached hydrogens (tertiary/aromatic N) is 4. The van der Waals surface area contributed by atoms with Crippen molar-refractivity contribution in [3.63, 3.8) is 0 Å². The Hall–Kier alpha value is -3.74. The van der Waals surface area contributed by atoms with Crippen LogP contribution in [-0.2, 0) is 13.0 Å². The Morgan fingerprint density at radius 1 is 1.18 bits per heavy atom. The van der Waals surface area contributed by atoms with Gasteiger partial charge in [0.2, 0.25) is 5.89 Å². The van der Waals surface area contributed by atoms with Crippen LogP contribution in [0.25, 0.3) is 22.5 Å². The molecule has 0 spiro atoms. The molecule has 0 bridgehead atoms. The Kier molecular flexibility index (Phi) is 3.79. The molecule has 0 atom stereocenters. The van der Waals surface area contributed by atoms with Gasteiger partial charge in [-0.2, -0.15) is 4.98 Å². The van der Waals surface area contributed by atoms with E-state index >= 15 is 0 Å². The van der Waals surface area contributed by atoms with Crippen LogP contribution in [0.2, 0.25) is 0 Å². The van der Waals surface area contributed by atoms with Gasteiger partial charge in [-0.1, -0.05) is 41.6 Å². The molecule has 0 saturated heterocycles. The Balaban J connectivity index is 1.45. The maximum Gasteiger partial charge on any atom is 0.292 e. The summed E-state index contributed by atoms with van der Waals surface area (Å²) in [5.41, 5.74) is 6.27. The number of benzene rings is 2. The number of imidazole rings is 1. The molecule has 28 heavy (non-hydrogen) atoms. The normalized spacial score (nSPS) is 11.9. The fourth-order valence-corrected chi connectivity index (χ4v) is 3.65. The lowest BCUT2D eigenvalue weighted by molar-refractivity contribution is 0.0950. The summed E-state index contributed by atoms with van der Waals surface area (Å²) >= 11 is 0. The highest BCUT2D eigenvalue weighted by Crippen LogP contribution is 2.38. The van der Waals surface area contributed by atoms with E-state index in [9.17, 15) is 4.79 Å². The van der Waals surface area contributed by atoms with E-state index in [-0.39, 0.29) is 11.7 Å². The van der Waals surface area contributed by atoms with Gasteiger partial charge in [0.1, 0.15) is 12.4 Å². The average Bonchev–Trinajstić information content (AvgIpc) is 3.45. The molecule has 1 aliphatic carbocycles. The zero-order valence-corrected chi connectivity index (χ0v) is 15.2. The van der Waals surface area contributed by atoms with Gasteiger partial charge < -0.3 is 14.4 Å². The minimum absolute atomic E-state index is 0.0226. The van der Waals surface area contributed by atoms with Crippen LogP contribution in [0.3, 0.4) is 0 Å². The summed E-state index contributed by atoms with van der Waals surface area (Å²) in [6.07, 6.45) is 4.54. The first kappa shape index (κ1) is 16.4. The zero-order chi connectivity index (χ0) is 19.1. The number of amides is 1. The minimum atomic E-state index is -0.376. The quantitative estimate of drug-likeness (QED) is 0.525. The van der Waals surface area contributed by atoms with Crippen LogP contribution < -0.4 is 5.32 Å². The third kappa shape index (κ3) is 2.68. The molecule has 2 heterocycles. The van der Waals surface area contributed by atoms with E-state index in [0.29, 0.717) is 12.4 Å². The van der Waals surface area contributed by atoms with Crippen molar-refractivity contribution in [2.75, 3.05) is 7.05 Å². The lowest BCUT2D eigenvalue weighted by Gasteiger charge is -2.08. The van der Waals surface area contributed by atoms with Gasteiger partial charge in [-0.3, -0.25) is 4.79 Å². The number of rotatable bonds is 4. The topological polar surface area (TPSA) is 85.8 Å². The first-order chi connectivity index (χ1) is 13.7. The fourth-order valence-electron chi connectivity index (χ4n) is 3.65. The molecule has 1 aliphatic rings. The smallest absolute Gasteiger partial charge is 0.292 e. The average molecular weight is 371 g/mol. The molecule has 138 valence electrons. The van der Waals surface area contributed by atoms with Gasteiger partial charge in [0.05, 0.1) is 0 Å². The van der Waals surface area contributed by atoms with E-state index in [2.05, 4.69) is 62.9 Å². The van der Waals surface area contributed by atoms with Crippen LogP contribution in [0, 0.1) is 0 Å². The van der Waals surface area contributed by atoms with Crippen molar-refractivity contribution in [3.8, 4) is 22.5 Å². The molecule has 1 N–H and O–H groups in total. The largest absolute Gasteiger partial charge is 0.352 e. The van der Waals surface area contributed by atoms with Crippen LogP contribution in [0.5, 0.6) is 0 Å². The van der Waals surface area contributed by atoms with Crippen molar-refractivity contribution in [1.82, 2.24) is 25.0 Å². The second-order valence-corrected chi connectivity index (χ2v) is 6.68. The lowest BCUT2D eigenvalue weighted by Crippen LogP contribution is -2.19. The molecule has 4 aromatic rings. The highest BCUT2D eigenvalue weighted by atomic mass is 16.5. The molecule has 1 amide bonds. The molecule has 0 radical (unpaired) electrons. The number of hydrogen-bond donors (Lipinski definition) is 1. The lowest BCUT2D eigenvalue weighted by atomic mass is 10.0. The van der Waals surface area contributed by atoms with E-state index in [1.165, 1.54) is 29.3 Å². The van der Waals surface area contributed by atoms with Crippen molar-refractivity contribution >= 4 is 5.91 Å². The molecule has 2 aromatic heterocycles. The highest BCUT2D eigenvalue weighted by Gasteiger charge is 2.20. The van der Waals surface area contributed by atoms with Gasteiger partial charge in [-0.15, -0.1) is 0 Å². The van der Waals surface area contributed by atoms with Crippen LogP contribution in [0.1, 0.15) is 27.6 Å². The van der Waals surface area contributed by atoms with Crippen molar-refractivity contribution in [2.45, 2.75) is 13.0 Å². The summed E-state index contributed by atoms with van der Waals surface area (Å²) in [6, 6.07) is 14.9. The number of hydrogen-bond acceptors (Lipinski definition) is 5. The molecule has 2 aromatic carbocycles. The number of fused-ring (bicyclic) bond motifs is 3. The number of carbonyl (C=O) groups is 1. The monoisotopic (exact) mass is 371 g/mol. The van der Waals surface area contributed by atoms with Crippen LogP contribution in [0.4, 0.5) is 0 Å². The standard InChI is InChI=1S/C21H17N5O2/c1-22-21(27)19-24-18(28-25-19)12-26-9-8-23-20(26)14-6-7-17-15(11-14)10-13-4-2-3-5-16(13)17/h2-9,11H,10,12H2,1H3,(H,22,27). The van der Waals surface area contributed by atoms with Crippen molar-refractivity contribution in [3.05, 3.63) is 77.7 Å². The second-order valence-electron chi connectivity index (χ2n) is 6.68. The summed E-state index contributed by atoms with van der Waals surface area (Å²) in [6.45, 7) is 0.344. The minimum Gasteiger partial charge on any atom is -0.352 e. The van der Waals surface area contributed by atoms with Crippen molar-refractivity contribution in [2.24, 2.45) is 0 Å². The SMILES string of the molecule is CNC(=O)c1noc(Cn2ccnc2-c2ccc3c(c2)Cc2ccccc2-3)n1. The van der Waals surface area contributed by atoms with Crippen LogP contribution in [0.15, 0.2) is 59.4 Å². The van der Waals surface area contributed by atoms with Gasteiger partial charge in [-0.25, -0.2) is 4.98 Å². The Morgan fingerprint density at radius 2 is 2.04 bits per heavy atom. The highest BCUT2D eigenvalue weighted by molar-refractivity contribution is 5.89. The summed E-state index contributed by atoms with van der Waals surface area (Å²) in [4.78, 5) is 20.3. The van der Waals surface area contributed by atoms with Gasteiger partial charge in [0.15, 0.2) is 0 Å². The molecular formula is C21H17N5O2. The Labute approximate surface area is 161 Å². The fraction of sp³-hybridized carbons (Fsp3) is 0.143. The van der Waals surface area contributed by atoms with Crippen molar-refractivity contribution < 1.29 is 9.32 Å². The van der Waals surface area contributed by atoms with E-state index < -0.39 is 0 Å². The summed E-state index contributed by atoms with van der Waals surface area (Å²) in [5, 5.41) is 6.19. The predicted molar refractivity (Wildman–Crippen MR) is 103 cm³/mol. The third-order valence-corrected chi connectivity index (χ3v) is 4.97. The molecule has 0 saturated carbocycles. The third-order valence-electron chi connectivity index (χ3n) is 4.97. The van der Waals surface area contributed by atoms with E-state index in [0.717, 1.165) is 17.8 Å². The van der Waals surface area contributed by atoms with Gasteiger partial charge >= 0.3 is 0 Å². The van der Waals surface area contributed by atoms with Crippen LogP contribution in [-0.4, -0.2) is 32.6 Å². The molecule has 0 aliphatic heterocycles. The first-order valence-corrected chi connectivity index (χ1v) is 9.00. The summed E-state index contributed by atoms with van der Waals surface area (Å²) in [5.74, 6) is 0.818. The van der Waals surface area contributed by atoms with E-state index in [4.69, 9.17) is 4.52 Å². The molecule has 0 fully saturated rings. The van der Waals surface area contributed by atoms with E-state index in [1.807, 2.05) is 10.8 Å². The molecular weight excluding hydrogens is 354 g/mol. The number of aromatic nitrogens is 4. The Morgan fingerprint density at radius 3 is 2.93 bits per heavy atom. The molecule has 7 nitrogen and oxygen atoms in total. The van der Waals surface area contributed by atoms with Gasteiger partial charge in [0, 0.05) is 25.0 Å². The predicted octanol–water partition coefficient (Wildman–Crippen LogP) is 2.91. The molecule has 5 rings (SSSR count). The zero-order valence-electron chi connectivity index (χ0n) is 15.2. The van der Waals surface area contributed by atoms with Gasteiger partial charge in [0.25, 0.3) is 11.7 Å². The second kappa shape index (κ2) is 6.45. The Bertz CT molecular complexity index is 1190.